The van der Waals surface area contributed by atoms with Crippen LogP contribution in [0, 0.1) is 13.8 Å². The molecule has 0 aliphatic heterocycles. The second-order valence-electron chi connectivity index (χ2n) is 5.54. The molecule has 6 nitrogen and oxygen atoms in total. The Morgan fingerprint density at radius 2 is 1.96 bits per heavy atom. The number of hydrogen-bond acceptors (Lipinski definition) is 4. The molecule has 2 N–H and O–H groups in total. The molecule has 1 aromatic carbocycles. The molecular weight excluding hydrogens is 308 g/mol. The van der Waals surface area contributed by atoms with Gasteiger partial charge in [-0.25, -0.2) is 0 Å². The van der Waals surface area contributed by atoms with Gasteiger partial charge in [0.15, 0.2) is 0 Å². The zero-order valence-electron chi connectivity index (χ0n) is 14.3. The molecule has 0 fully saturated rings. The third-order valence-electron chi connectivity index (χ3n) is 3.68. The van der Waals surface area contributed by atoms with Gasteiger partial charge < -0.3 is 19.8 Å². The van der Waals surface area contributed by atoms with E-state index in [4.69, 9.17) is 9.15 Å². The summed E-state index contributed by atoms with van der Waals surface area (Å²) < 4.78 is 10.6. The van der Waals surface area contributed by atoms with Crippen LogP contribution in [-0.2, 0) is 4.79 Å². The zero-order chi connectivity index (χ0) is 17.7. The van der Waals surface area contributed by atoms with Crippen molar-refractivity contribution in [3.8, 4) is 5.75 Å². The first-order valence-corrected chi connectivity index (χ1v) is 7.70. The van der Waals surface area contributed by atoms with Crippen molar-refractivity contribution in [2.45, 2.75) is 26.8 Å². The van der Waals surface area contributed by atoms with Crippen molar-refractivity contribution in [2.24, 2.45) is 0 Å². The van der Waals surface area contributed by atoms with E-state index in [2.05, 4.69) is 10.6 Å². The predicted molar refractivity (Wildman–Crippen MR) is 90.1 cm³/mol. The number of rotatable bonds is 6. The number of hydrogen-bond donors (Lipinski definition) is 2. The summed E-state index contributed by atoms with van der Waals surface area (Å²) in [5.74, 6) is 1.41. The van der Waals surface area contributed by atoms with E-state index >= 15 is 0 Å². The van der Waals surface area contributed by atoms with Crippen LogP contribution in [-0.4, -0.2) is 25.5 Å². The SMILES string of the molecule is COc1ccccc1C(=O)NCC(=O)NC(C)c1cc(C)oc1C. The molecule has 2 amide bonds. The van der Waals surface area contributed by atoms with Crippen molar-refractivity contribution in [1.29, 1.82) is 0 Å². The number of carbonyl (C=O) groups excluding carboxylic acids is 2. The standard InChI is InChI=1S/C18H22N2O4/c1-11-9-15(13(3)24-11)12(2)20-17(21)10-19-18(22)14-7-5-6-8-16(14)23-4/h5-9,12H,10H2,1-4H3,(H,19,22)(H,20,21). The molecule has 1 unspecified atom stereocenters. The molecule has 0 bridgehead atoms. The summed E-state index contributed by atoms with van der Waals surface area (Å²) in [7, 11) is 1.50. The quantitative estimate of drug-likeness (QED) is 0.853. The van der Waals surface area contributed by atoms with Gasteiger partial charge in [0.05, 0.1) is 25.3 Å². The first-order valence-electron chi connectivity index (χ1n) is 7.70. The molecule has 1 atom stereocenters. The van der Waals surface area contributed by atoms with E-state index in [-0.39, 0.29) is 24.4 Å². The molecule has 1 aromatic heterocycles. The lowest BCUT2D eigenvalue weighted by molar-refractivity contribution is -0.120. The van der Waals surface area contributed by atoms with Gasteiger partial charge in [0.2, 0.25) is 5.91 Å². The fourth-order valence-corrected chi connectivity index (χ4v) is 2.54. The van der Waals surface area contributed by atoms with Crippen LogP contribution in [0.1, 0.15) is 40.4 Å². The van der Waals surface area contributed by atoms with Crippen LogP contribution < -0.4 is 15.4 Å². The monoisotopic (exact) mass is 330 g/mol. The fraction of sp³-hybridized carbons (Fsp3) is 0.333. The summed E-state index contributed by atoms with van der Waals surface area (Å²) in [6.07, 6.45) is 0. The van der Waals surface area contributed by atoms with Crippen LogP contribution in [0.15, 0.2) is 34.7 Å². The molecule has 0 radical (unpaired) electrons. The maximum atomic E-state index is 12.2. The maximum Gasteiger partial charge on any atom is 0.255 e. The lowest BCUT2D eigenvalue weighted by Crippen LogP contribution is -2.38. The Morgan fingerprint density at radius 3 is 2.58 bits per heavy atom. The van der Waals surface area contributed by atoms with Crippen LogP contribution in [0.2, 0.25) is 0 Å². The molecule has 0 aliphatic rings. The van der Waals surface area contributed by atoms with Gasteiger partial charge in [0.1, 0.15) is 17.3 Å². The third-order valence-corrected chi connectivity index (χ3v) is 3.68. The highest BCUT2D eigenvalue weighted by Crippen LogP contribution is 2.21. The van der Waals surface area contributed by atoms with Crippen LogP contribution in [0.3, 0.4) is 0 Å². The normalized spacial score (nSPS) is 11.7. The summed E-state index contributed by atoms with van der Waals surface area (Å²) >= 11 is 0. The Balaban J connectivity index is 1.91. The summed E-state index contributed by atoms with van der Waals surface area (Å²) in [5.41, 5.74) is 1.32. The Morgan fingerprint density at radius 1 is 1.25 bits per heavy atom. The minimum atomic E-state index is -0.356. The largest absolute Gasteiger partial charge is 0.496 e. The highest BCUT2D eigenvalue weighted by Gasteiger charge is 2.16. The molecule has 24 heavy (non-hydrogen) atoms. The third kappa shape index (κ3) is 4.16. The van der Waals surface area contributed by atoms with E-state index in [1.807, 2.05) is 26.8 Å². The van der Waals surface area contributed by atoms with E-state index < -0.39 is 0 Å². The van der Waals surface area contributed by atoms with E-state index in [0.29, 0.717) is 11.3 Å². The van der Waals surface area contributed by atoms with E-state index in [1.54, 1.807) is 24.3 Å². The summed E-state index contributed by atoms with van der Waals surface area (Å²) in [4.78, 5) is 24.2. The number of amides is 2. The number of benzene rings is 1. The number of aryl methyl sites for hydroxylation is 2. The average molecular weight is 330 g/mol. The van der Waals surface area contributed by atoms with Crippen molar-refractivity contribution in [1.82, 2.24) is 10.6 Å². The topological polar surface area (TPSA) is 80.6 Å². The number of para-hydroxylation sites is 1. The Labute approximate surface area is 141 Å². The number of carbonyl (C=O) groups is 2. The first-order chi connectivity index (χ1) is 11.4. The second kappa shape index (κ2) is 7.68. The number of furan rings is 1. The van der Waals surface area contributed by atoms with Crippen molar-refractivity contribution < 1.29 is 18.7 Å². The average Bonchev–Trinajstić information content (AvgIpc) is 2.91. The molecule has 128 valence electrons. The summed E-state index contributed by atoms with van der Waals surface area (Å²) in [5, 5.41) is 5.44. The Hall–Kier alpha value is -2.76. The zero-order valence-corrected chi connectivity index (χ0v) is 14.3. The molecule has 0 saturated carbocycles. The molecule has 2 rings (SSSR count). The molecule has 6 heteroatoms. The molecule has 0 aliphatic carbocycles. The molecule has 1 heterocycles. The highest BCUT2D eigenvalue weighted by molar-refractivity contribution is 5.98. The number of nitrogens with one attached hydrogen (secondary N) is 2. The van der Waals surface area contributed by atoms with Gasteiger partial charge in [-0.15, -0.1) is 0 Å². The van der Waals surface area contributed by atoms with Gasteiger partial charge in [-0.3, -0.25) is 9.59 Å². The molecule has 0 spiro atoms. The lowest BCUT2D eigenvalue weighted by Gasteiger charge is -2.14. The van der Waals surface area contributed by atoms with Gasteiger partial charge in [-0.2, -0.15) is 0 Å². The first kappa shape index (κ1) is 17.6. The van der Waals surface area contributed by atoms with Crippen molar-refractivity contribution in [3.63, 3.8) is 0 Å². The Bertz CT molecular complexity index is 736. The highest BCUT2D eigenvalue weighted by atomic mass is 16.5. The van der Waals surface area contributed by atoms with Gasteiger partial charge in [-0.05, 0) is 39.0 Å². The fourth-order valence-electron chi connectivity index (χ4n) is 2.54. The summed E-state index contributed by atoms with van der Waals surface area (Å²) in [6.45, 7) is 5.47. The Kier molecular flexibility index (Phi) is 5.63. The summed E-state index contributed by atoms with van der Waals surface area (Å²) in [6, 6.07) is 8.56. The van der Waals surface area contributed by atoms with Gasteiger partial charge in [0.25, 0.3) is 5.91 Å². The van der Waals surface area contributed by atoms with E-state index in [0.717, 1.165) is 17.1 Å². The van der Waals surface area contributed by atoms with Crippen LogP contribution in [0.5, 0.6) is 5.75 Å². The smallest absolute Gasteiger partial charge is 0.255 e. The molecular formula is C18H22N2O4. The second-order valence-corrected chi connectivity index (χ2v) is 5.54. The minimum Gasteiger partial charge on any atom is -0.496 e. The van der Waals surface area contributed by atoms with Crippen molar-refractivity contribution in [3.05, 3.63) is 53.0 Å². The van der Waals surface area contributed by atoms with Crippen molar-refractivity contribution in [2.75, 3.05) is 13.7 Å². The predicted octanol–water partition coefficient (Wildman–Crippen LogP) is 2.51. The number of ether oxygens (including phenoxy) is 1. The van der Waals surface area contributed by atoms with Gasteiger partial charge in [0, 0.05) is 5.56 Å². The lowest BCUT2D eigenvalue weighted by atomic mass is 10.1. The molecule has 0 saturated heterocycles. The van der Waals surface area contributed by atoms with Gasteiger partial charge in [-0.1, -0.05) is 12.1 Å². The van der Waals surface area contributed by atoms with Crippen LogP contribution in [0.25, 0.3) is 0 Å². The van der Waals surface area contributed by atoms with E-state index in [1.165, 1.54) is 7.11 Å². The molecule has 2 aromatic rings. The number of methoxy groups -OCH3 is 1. The van der Waals surface area contributed by atoms with Gasteiger partial charge >= 0.3 is 0 Å². The van der Waals surface area contributed by atoms with Crippen LogP contribution >= 0.6 is 0 Å². The van der Waals surface area contributed by atoms with Crippen molar-refractivity contribution >= 4 is 11.8 Å². The maximum absolute atomic E-state index is 12.2. The van der Waals surface area contributed by atoms with E-state index in [9.17, 15) is 9.59 Å². The van der Waals surface area contributed by atoms with Crippen LogP contribution in [0.4, 0.5) is 0 Å². The minimum absolute atomic E-state index is 0.114.